The summed E-state index contributed by atoms with van der Waals surface area (Å²) < 4.78 is 0. The van der Waals surface area contributed by atoms with Crippen molar-refractivity contribution in [1.29, 1.82) is 0 Å². The van der Waals surface area contributed by atoms with E-state index in [1.54, 1.807) is 4.90 Å². The third-order valence-electron chi connectivity index (χ3n) is 1.77. The zero-order valence-electron chi connectivity index (χ0n) is 8.13. The van der Waals surface area contributed by atoms with E-state index in [1.807, 2.05) is 20.8 Å². The highest BCUT2D eigenvalue weighted by atomic mass is 16.2. The number of carbonyl (C=O) groups is 1. The highest BCUT2D eigenvalue weighted by molar-refractivity contribution is 5.74. The topological polar surface area (TPSA) is 58.4 Å². The summed E-state index contributed by atoms with van der Waals surface area (Å²) in [5, 5.41) is 2.79. The van der Waals surface area contributed by atoms with Gasteiger partial charge in [0.15, 0.2) is 0 Å². The van der Waals surface area contributed by atoms with E-state index >= 15 is 0 Å². The highest BCUT2D eigenvalue weighted by Crippen LogP contribution is 1.89. The van der Waals surface area contributed by atoms with E-state index in [9.17, 15) is 4.79 Å². The van der Waals surface area contributed by atoms with Gasteiger partial charge < -0.3 is 16.0 Å². The maximum Gasteiger partial charge on any atom is 0.317 e. The number of rotatable bonds is 4. The molecule has 0 saturated heterocycles. The van der Waals surface area contributed by atoms with E-state index in [0.29, 0.717) is 6.54 Å². The number of hydrogen-bond donors (Lipinski definition) is 2. The third-order valence-corrected chi connectivity index (χ3v) is 1.77. The van der Waals surface area contributed by atoms with Crippen LogP contribution < -0.4 is 11.1 Å². The second-order valence-electron chi connectivity index (χ2n) is 2.76. The molecule has 72 valence electrons. The van der Waals surface area contributed by atoms with Gasteiger partial charge in [-0.2, -0.15) is 0 Å². The fourth-order valence-corrected chi connectivity index (χ4v) is 0.872. The Hall–Kier alpha value is -0.770. The number of nitrogens with zero attached hydrogens (tertiary/aromatic N) is 1. The molecular formula is C8H19N3O. The van der Waals surface area contributed by atoms with Crippen molar-refractivity contribution in [2.75, 3.05) is 19.6 Å². The molecular weight excluding hydrogens is 154 g/mol. The Bertz CT molecular complexity index is 134. The van der Waals surface area contributed by atoms with Crippen LogP contribution in [0.3, 0.4) is 0 Å². The average Bonchev–Trinajstić information content (AvgIpc) is 2.06. The van der Waals surface area contributed by atoms with E-state index in [2.05, 4.69) is 5.32 Å². The van der Waals surface area contributed by atoms with Gasteiger partial charge in [-0.25, -0.2) is 4.79 Å². The fourth-order valence-electron chi connectivity index (χ4n) is 0.872. The Morgan fingerprint density at radius 3 is 2.33 bits per heavy atom. The van der Waals surface area contributed by atoms with Crippen LogP contribution in [0.1, 0.15) is 20.8 Å². The molecule has 0 bridgehead atoms. The van der Waals surface area contributed by atoms with Crippen molar-refractivity contribution in [2.45, 2.75) is 26.8 Å². The van der Waals surface area contributed by atoms with Crippen molar-refractivity contribution in [3.63, 3.8) is 0 Å². The van der Waals surface area contributed by atoms with Gasteiger partial charge in [-0.1, -0.05) is 0 Å². The van der Waals surface area contributed by atoms with Crippen LogP contribution in [0.25, 0.3) is 0 Å². The second-order valence-corrected chi connectivity index (χ2v) is 2.76. The number of nitrogens with two attached hydrogens (primary N) is 1. The molecule has 0 aromatic carbocycles. The molecule has 0 aliphatic heterocycles. The minimum atomic E-state index is -0.0297. The molecule has 1 unspecified atom stereocenters. The van der Waals surface area contributed by atoms with Gasteiger partial charge in [0.2, 0.25) is 0 Å². The summed E-state index contributed by atoms with van der Waals surface area (Å²) in [7, 11) is 0. The summed E-state index contributed by atoms with van der Waals surface area (Å²) >= 11 is 0. The van der Waals surface area contributed by atoms with Crippen molar-refractivity contribution in [3.05, 3.63) is 0 Å². The third kappa shape index (κ3) is 3.57. The number of carbonyl (C=O) groups excluding carboxylic acids is 1. The standard InChI is InChI=1S/C8H19N3O/c1-4-11(5-2)8(12)10-7(3)6-9/h7H,4-6,9H2,1-3H3,(H,10,12). The first-order valence-electron chi connectivity index (χ1n) is 4.41. The Morgan fingerprint density at radius 1 is 1.50 bits per heavy atom. The molecule has 0 aromatic rings. The second kappa shape index (κ2) is 5.83. The summed E-state index contributed by atoms with van der Waals surface area (Å²) in [4.78, 5) is 13.1. The Balaban J connectivity index is 3.84. The van der Waals surface area contributed by atoms with Crippen LogP contribution in [0.4, 0.5) is 4.79 Å². The van der Waals surface area contributed by atoms with Gasteiger partial charge in [-0.05, 0) is 20.8 Å². The van der Waals surface area contributed by atoms with Gasteiger partial charge in [-0.3, -0.25) is 0 Å². The van der Waals surface area contributed by atoms with Crippen LogP contribution in [0, 0.1) is 0 Å². The molecule has 0 aliphatic rings. The van der Waals surface area contributed by atoms with Crippen LogP contribution in [-0.4, -0.2) is 36.6 Å². The lowest BCUT2D eigenvalue weighted by atomic mass is 10.3. The molecule has 0 heterocycles. The van der Waals surface area contributed by atoms with Gasteiger partial charge >= 0.3 is 6.03 Å². The van der Waals surface area contributed by atoms with Crippen molar-refractivity contribution >= 4 is 6.03 Å². The number of amides is 2. The van der Waals surface area contributed by atoms with Crippen LogP contribution >= 0.6 is 0 Å². The molecule has 0 spiro atoms. The zero-order valence-corrected chi connectivity index (χ0v) is 8.13. The maximum atomic E-state index is 11.3. The SMILES string of the molecule is CCN(CC)C(=O)NC(C)CN. The molecule has 0 radical (unpaired) electrons. The van der Waals surface area contributed by atoms with Gasteiger partial charge in [0.1, 0.15) is 0 Å². The maximum absolute atomic E-state index is 11.3. The summed E-state index contributed by atoms with van der Waals surface area (Å²) in [6.07, 6.45) is 0. The summed E-state index contributed by atoms with van der Waals surface area (Å²) in [6, 6.07) is 0.0241. The monoisotopic (exact) mass is 173 g/mol. The van der Waals surface area contributed by atoms with Gasteiger partial charge in [0.05, 0.1) is 0 Å². The number of nitrogens with one attached hydrogen (secondary N) is 1. The largest absolute Gasteiger partial charge is 0.334 e. The molecule has 12 heavy (non-hydrogen) atoms. The zero-order chi connectivity index (χ0) is 9.56. The summed E-state index contributed by atoms with van der Waals surface area (Å²) in [5.41, 5.74) is 5.37. The predicted molar refractivity (Wildman–Crippen MR) is 50.0 cm³/mol. The minimum Gasteiger partial charge on any atom is -0.334 e. The van der Waals surface area contributed by atoms with E-state index < -0.39 is 0 Å². The minimum absolute atomic E-state index is 0.0297. The van der Waals surface area contributed by atoms with Gasteiger partial charge in [0, 0.05) is 25.7 Å². The Labute approximate surface area is 74.1 Å². The molecule has 0 saturated carbocycles. The predicted octanol–water partition coefficient (Wildman–Crippen LogP) is 0.385. The highest BCUT2D eigenvalue weighted by Gasteiger charge is 2.10. The van der Waals surface area contributed by atoms with Crippen LogP contribution in [0.5, 0.6) is 0 Å². The first-order chi connectivity index (χ1) is 5.65. The molecule has 0 fully saturated rings. The molecule has 0 rings (SSSR count). The summed E-state index contributed by atoms with van der Waals surface area (Å²) in [6.45, 7) is 7.75. The van der Waals surface area contributed by atoms with E-state index in [4.69, 9.17) is 5.73 Å². The van der Waals surface area contributed by atoms with Crippen molar-refractivity contribution in [2.24, 2.45) is 5.73 Å². The van der Waals surface area contributed by atoms with E-state index in [1.165, 1.54) is 0 Å². The van der Waals surface area contributed by atoms with Crippen molar-refractivity contribution in [1.82, 2.24) is 10.2 Å². The molecule has 1 atom stereocenters. The van der Waals surface area contributed by atoms with Crippen LogP contribution in [0.15, 0.2) is 0 Å². The first kappa shape index (κ1) is 11.2. The molecule has 3 N–H and O–H groups in total. The lowest BCUT2D eigenvalue weighted by molar-refractivity contribution is 0.200. The lowest BCUT2D eigenvalue weighted by Crippen LogP contribution is -2.46. The van der Waals surface area contributed by atoms with Crippen molar-refractivity contribution in [3.8, 4) is 0 Å². The summed E-state index contributed by atoms with van der Waals surface area (Å²) in [5.74, 6) is 0. The van der Waals surface area contributed by atoms with E-state index in [0.717, 1.165) is 13.1 Å². The smallest absolute Gasteiger partial charge is 0.317 e. The van der Waals surface area contributed by atoms with Gasteiger partial charge in [0.25, 0.3) is 0 Å². The number of hydrogen-bond acceptors (Lipinski definition) is 2. The number of urea groups is 1. The normalized spacial score (nSPS) is 12.3. The van der Waals surface area contributed by atoms with Crippen LogP contribution in [-0.2, 0) is 0 Å². The molecule has 4 heteroatoms. The molecule has 2 amide bonds. The van der Waals surface area contributed by atoms with Crippen LogP contribution in [0.2, 0.25) is 0 Å². The molecule has 4 nitrogen and oxygen atoms in total. The molecule has 0 aromatic heterocycles. The van der Waals surface area contributed by atoms with Gasteiger partial charge in [-0.15, -0.1) is 0 Å². The lowest BCUT2D eigenvalue weighted by Gasteiger charge is -2.21. The van der Waals surface area contributed by atoms with E-state index in [-0.39, 0.29) is 12.1 Å². The van der Waals surface area contributed by atoms with Crippen molar-refractivity contribution < 1.29 is 4.79 Å². The Morgan fingerprint density at radius 2 is 2.00 bits per heavy atom. The fraction of sp³-hybridized carbons (Fsp3) is 0.875. The first-order valence-corrected chi connectivity index (χ1v) is 4.41. The average molecular weight is 173 g/mol. The molecule has 0 aliphatic carbocycles. The quantitative estimate of drug-likeness (QED) is 0.646. The Kier molecular flexibility index (Phi) is 5.45.